The highest BCUT2D eigenvalue weighted by Gasteiger charge is 2.29. The van der Waals surface area contributed by atoms with Crippen LogP contribution in [-0.2, 0) is 0 Å². The van der Waals surface area contributed by atoms with Gasteiger partial charge in [0.25, 0.3) is 0 Å². The van der Waals surface area contributed by atoms with Crippen LogP contribution in [0.25, 0.3) is 0 Å². The van der Waals surface area contributed by atoms with Crippen molar-refractivity contribution >= 4 is 0 Å². The quantitative estimate of drug-likeness (QED) is 0.744. The van der Waals surface area contributed by atoms with E-state index < -0.39 is 0 Å². The molecule has 88 valence electrons. The molecule has 0 bridgehead atoms. The predicted molar refractivity (Wildman–Crippen MR) is 64.2 cm³/mol. The Hall–Kier alpha value is -0.120. The van der Waals surface area contributed by atoms with Gasteiger partial charge in [-0.1, -0.05) is 12.8 Å². The maximum absolute atomic E-state index is 3.31. The molecule has 0 aromatic carbocycles. The van der Waals surface area contributed by atoms with Crippen LogP contribution in [0.5, 0.6) is 0 Å². The van der Waals surface area contributed by atoms with Crippen LogP contribution in [0, 0.1) is 0 Å². The highest BCUT2D eigenvalue weighted by atomic mass is 15.3. The van der Waals surface area contributed by atoms with E-state index >= 15 is 0 Å². The van der Waals surface area contributed by atoms with Gasteiger partial charge in [-0.2, -0.15) is 0 Å². The first-order valence-electron chi connectivity index (χ1n) is 6.40. The molecule has 1 saturated carbocycles. The summed E-state index contributed by atoms with van der Waals surface area (Å²) in [5, 5.41) is 3.31. The van der Waals surface area contributed by atoms with Gasteiger partial charge in [0, 0.05) is 38.3 Å². The van der Waals surface area contributed by atoms with Crippen molar-refractivity contribution in [2.24, 2.45) is 0 Å². The van der Waals surface area contributed by atoms with Crippen molar-refractivity contribution in [1.82, 2.24) is 15.1 Å². The number of hydrogen-bond acceptors (Lipinski definition) is 3. The molecule has 3 heteroatoms. The molecule has 0 spiro atoms. The zero-order valence-corrected chi connectivity index (χ0v) is 10.2. The van der Waals surface area contributed by atoms with Crippen LogP contribution >= 0.6 is 0 Å². The third-order valence-electron chi connectivity index (χ3n) is 4.09. The van der Waals surface area contributed by atoms with Crippen LogP contribution in [0.3, 0.4) is 0 Å². The first-order valence-corrected chi connectivity index (χ1v) is 6.40. The third-order valence-corrected chi connectivity index (χ3v) is 4.09. The van der Waals surface area contributed by atoms with E-state index in [-0.39, 0.29) is 0 Å². The monoisotopic (exact) mass is 211 g/mol. The molecule has 2 rings (SSSR count). The Morgan fingerprint density at radius 2 is 1.93 bits per heavy atom. The summed E-state index contributed by atoms with van der Waals surface area (Å²) in [4.78, 5) is 5.23. The molecule has 1 unspecified atom stereocenters. The lowest BCUT2D eigenvalue weighted by atomic mass is 10.1. The van der Waals surface area contributed by atoms with Gasteiger partial charge in [-0.25, -0.2) is 0 Å². The fraction of sp³-hybridized carbons (Fsp3) is 1.00. The summed E-state index contributed by atoms with van der Waals surface area (Å²) < 4.78 is 0. The topological polar surface area (TPSA) is 18.5 Å². The first-order chi connectivity index (χ1) is 7.31. The highest BCUT2D eigenvalue weighted by molar-refractivity contribution is 4.87. The smallest absolute Gasteiger partial charge is 0.0345 e. The van der Waals surface area contributed by atoms with Gasteiger partial charge < -0.3 is 5.32 Å². The standard InChI is InChI=1S/C12H25N3/c1-13-9-12-10-15(8-7-14(12)2)11-5-3-4-6-11/h11-13H,3-10H2,1-2H3. The summed E-state index contributed by atoms with van der Waals surface area (Å²) in [6, 6.07) is 1.61. The molecular weight excluding hydrogens is 186 g/mol. The molecular formula is C12H25N3. The Bertz CT molecular complexity index is 189. The average molecular weight is 211 g/mol. The molecule has 15 heavy (non-hydrogen) atoms. The summed E-state index contributed by atoms with van der Waals surface area (Å²) in [6.07, 6.45) is 5.79. The summed E-state index contributed by atoms with van der Waals surface area (Å²) in [5.41, 5.74) is 0. The molecule has 3 nitrogen and oxygen atoms in total. The van der Waals surface area contributed by atoms with E-state index in [1.54, 1.807) is 0 Å². The molecule has 2 fully saturated rings. The van der Waals surface area contributed by atoms with Crippen molar-refractivity contribution in [3.63, 3.8) is 0 Å². The zero-order chi connectivity index (χ0) is 10.7. The first kappa shape index (κ1) is 11.4. The number of nitrogens with one attached hydrogen (secondary N) is 1. The second-order valence-corrected chi connectivity index (χ2v) is 5.13. The van der Waals surface area contributed by atoms with Crippen LogP contribution < -0.4 is 5.32 Å². The minimum absolute atomic E-state index is 0.712. The lowest BCUT2D eigenvalue weighted by Gasteiger charge is -2.42. The Morgan fingerprint density at radius 3 is 2.60 bits per heavy atom. The van der Waals surface area contributed by atoms with Crippen LogP contribution in [-0.4, -0.2) is 62.2 Å². The van der Waals surface area contributed by atoms with Gasteiger partial charge in [0.15, 0.2) is 0 Å². The van der Waals surface area contributed by atoms with Crippen molar-refractivity contribution in [3.05, 3.63) is 0 Å². The summed E-state index contributed by atoms with van der Waals surface area (Å²) in [5.74, 6) is 0. The summed E-state index contributed by atoms with van der Waals surface area (Å²) in [6.45, 7) is 4.91. The highest BCUT2D eigenvalue weighted by Crippen LogP contribution is 2.25. The SMILES string of the molecule is CNCC1CN(C2CCCC2)CCN1C. The van der Waals surface area contributed by atoms with E-state index in [1.165, 1.54) is 45.3 Å². The van der Waals surface area contributed by atoms with Crippen LogP contribution in [0.15, 0.2) is 0 Å². The average Bonchev–Trinajstić information content (AvgIpc) is 2.75. The van der Waals surface area contributed by atoms with Crippen molar-refractivity contribution in [3.8, 4) is 0 Å². The van der Waals surface area contributed by atoms with Gasteiger partial charge >= 0.3 is 0 Å². The van der Waals surface area contributed by atoms with Gasteiger partial charge in [0.2, 0.25) is 0 Å². The number of likely N-dealkylation sites (N-methyl/N-ethyl adjacent to an activating group) is 2. The van der Waals surface area contributed by atoms with Crippen LogP contribution in [0.1, 0.15) is 25.7 Å². The number of rotatable bonds is 3. The minimum atomic E-state index is 0.712. The lowest BCUT2D eigenvalue weighted by Crippen LogP contribution is -2.56. The minimum Gasteiger partial charge on any atom is -0.318 e. The van der Waals surface area contributed by atoms with Gasteiger partial charge in [-0.15, -0.1) is 0 Å². The third kappa shape index (κ3) is 2.71. The molecule has 1 heterocycles. The molecule has 1 aliphatic carbocycles. The maximum atomic E-state index is 3.31. The molecule has 0 radical (unpaired) electrons. The molecule has 1 aliphatic heterocycles. The van der Waals surface area contributed by atoms with Crippen molar-refractivity contribution in [2.45, 2.75) is 37.8 Å². The van der Waals surface area contributed by atoms with Gasteiger partial charge in [0.1, 0.15) is 0 Å². The predicted octanol–water partition coefficient (Wildman–Crippen LogP) is 0.764. The Morgan fingerprint density at radius 1 is 1.20 bits per heavy atom. The van der Waals surface area contributed by atoms with E-state index in [2.05, 4.69) is 29.2 Å². The molecule has 1 saturated heterocycles. The molecule has 0 aromatic rings. The molecule has 1 atom stereocenters. The van der Waals surface area contributed by atoms with Gasteiger partial charge in [-0.3, -0.25) is 9.80 Å². The number of piperazine rings is 1. The van der Waals surface area contributed by atoms with E-state index in [9.17, 15) is 0 Å². The fourth-order valence-corrected chi connectivity index (χ4v) is 3.03. The molecule has 0 amide bonds. The van der Waals surface area contributed by atoms with Crippen molar-refractivity contribution in [1.29, 1.82) is 0 Å². The molecule has 1 N–H and O–H groups in total. The lowest BCUT2D eigenvalue weighted by molar-refractivity contribution is 0.0665. The maximum Gasteiger partial charge on any atom is 0.0345 e. The number of hydrogen-bond donors (Lipinski definition) is 1. The molecule has 2 aliphatic rings. The van der Waals surface area contributed by atoms with Crippen LogP contribution in [0.2, 0.25) is 0 Å². The van der Waals surface area contributed by atoms with E-state index in [4.69, 9.17) is 0 Å². The Balaban J connectivity index is 1.86. The summed E-state index contributed by atoms with van der Waals surface area (Å²) in [7, 11) is 4.32. The summed E-state index contributed by atoms with van der Waals surface area (Å²) >= 11 is 0. The van der Waals surface area contributed by atoms with E-state index in [0.717, 1.165) is 12.6 Å². The second-order valence-electron chi connectivity index (χ2n) is 5.13. The molecule has 0 aromatic heterocycles. The second kappa shape index (κ2) is 5.28. The fourth-order valence-electron chi connectivity index (χ4n) is 3.03. The van der Waals surface area contributed by atoms with Crippen molar-refractivity contribution in [2.75, 3.05) is 40.3 Å². The normalized spacial score (nSPS) is 31.2. The largest absolute Gasteiger partial charge is 0.318 e. The Kier molecular flexibility index (Phi) is 4.00. The van der Waals surface area contributed by atoms with E-state index in [1.807, 2.05) is 0 Å². The van der Waals surface area contributed by atoms with Crippen LogP contribution in [0.4, 0.5) is 0 Å². The zero-order valence-electron chi connectivity index (χ0n) is 10.2. The van der Waals surface area contributed by atoms with Gasteiger partial charge in [0.05, 0.1) is 0 Å². The number of nitrogens with zero attached hydrogens (tertiary/aromatic N) is 2. The van der Waals surface area contributed by atoms with E-state index in [0.29, 0.717) is 6.04 Å². The van der Waals surface area contributed by atoms with Crippen molar-refractivity contribution < 1.29 is 0 Å². The van der Waals surface area contributed by atoms with Gasteiger partial charge in [-0.05, 0) is 26.9 Å². The Labute approximate surface area is 93.8 Å².